The molecule has 0 radical (unpaired) electrons. The van der Waals surface area contributed by atoms with Crippen LogP contribution in [0.5, 0.6) is 0 Å². The third kappa shape index (κ3) is 12.9. The normalized spacial score (nSPS) is 12.0. The number of hydrogen-bond acceptors (Lipinski definition) is 4. The molecule has 0 aromatic heterocycles. The predicted octanol–water partition coefficient (Wildman–Crippen LogP) is 3.81. The van der Waals surface area contributed by atoms with Crippen LogP contribution in [0.15, 0.2) is 0 Å². The lowest BCUT2D eigenvalue weighted by atomic mass is 9.92. The van der Waals surface area contributed by atoms with Crippen molar-refractivity contribution < 1.29 is 20.1 Å². The van der Waals surface area contributed by atoms with E-state index in [-0.39, 0.29) is 19.8 Å². The van der Waals surface area contributed by atoms with E-state index in [1.54, 1.807) is 0 Å². The molecule has 23 heavy (non-hydrogen) atoms. The summed E-state index contributed by atoms with van der Waals surface area (Å²) in [5.41, 5.74) is -0.558. The van der Waals surface area contributed by atoms with Crippen molar-refractivity contribution in [2.45, 2.75) is 96.0 Å². The molecule has 0 spiro atoms. The summed E-state index contributed by atoms with van der Waals surface area (Å²) < 4.78 is 5.94. The van der Waals surface area contributed by atoms with Crippen molar-refractivity contribution in [1.29, 1.82) is 0 Å². The highest BCUT2D eigenvalue weighted by Gasteiger charge is 2.29. The van der Waals surface area contributed by atoms with Crippen molar-refractivity contribution >= 4 is 0 Å². The van der Waals surface area contributed by atoms with Crippen LogP contribution in [0.3, 0.4) is 0 Å². The lowest BCUT2D eigenvalue weighted by Crippen LogP contribution is -2.36. The van der Waals surface area contributed by atoms with Crippen LogP contribution >= 0.6 is 0 Å². The Morgan fingerprint density at radius 2 is 1.00 bits per heavy atom. The Labute approximate surface area is 143 Å². The molecule has 0 aromatic carbocycles. The summed E-state index contributed by atoms with van der Waals surface area (Å²) >= 11 is 0. The van der Waals surface area contributed by atoms with Crippen LogP contribution in [0, 0.1) is 0 Å². The second kappa shape index (κ2) is 16.7. The molecule has 140 valence electrons. The standard InChI is InChI=1S/C19H40O4/c1-2-3-4-5-6-7-8-9-10-11-18-23-19(12-15-20,13-16-21)14-17-22/h20-22H,2-18H2,1H3. The fraction of sp³-hybridized carbons (Fsp3) is 1.00. The molecular weight excluding hydrogens is 292 g/mol. The van der Waals surface area contributed by atoms with Crippen LogP contribution in [0.4, 0.5) is 0 Å². The van der Waals surface area contributed by atoms with Crippen molar-refractivity contribution in [2.75, 3.05) is 26.4 Å². The van der Waals surface area contributed by atoms with Gasteiger partial charge in [0, 0.05) is 26.4 Å². The van der Waals surface area contributed by atoms with Crippen LogP contribution in [-0.2, 0) is 4.74 Å². The minimum Gasteiger partial charge on any atom is -0.396 e. The van der Waals surface area contributed by atoms with Crippen LogP contribution in [0.25, 0.3) is 0 Å². The molecule has 0 amide bonds. The smallest absolute Gasteiger partial charge is 0.0748 e. The number of aliphatic hydroxyl groups is 3. The van der Waals surface area contributed by atoms with Gasteiger partial charge in [-0.1, -0.05) is 64.7 Å². The molecule has 0 rings (SSSR count). The summed E-state index contributed by atoms with van der Waals surface area (Å²) in [5, 5.41) is 27.6. The van der Waals surface area contributed by atoms with Gasteiger partial charge in [-0.2, -0.15) is 0 Å². The zero-order valence-electron chi connectivity index (χ0n) is 15.3. The Morgan fingerprint density at radius 3 is 1.39 bits per heavy atom. The van der Waals surface area contributed by atoms with Crippen molar-refractivity contribution in [3.8, 4) is 0 Å². The fourth-order valence-corrected chi connectivity index (χ4v) is 3.08. The van der Waals surface area contributed by atoms with E-state index < -0.39 is 5.60 Å². The SMILES string of the molecule is CCCCCCCCCCCCOC(CCO)(CCO)CCO. The average molecular weight is 333 g/mol. The molecule has 0 aliphatic carbocycles. The quantitative estimate of drug-likeness (QED) is 0.334. The van der Waals surface area contributed by atoms with E-state index >= 15 is 0 Å². The predicted molar refractivity (Wildman–Crippen MR) is 95.6 cm³/mol. The van der Waals surface area contributed by atoms with Crippen LogP contribution in [0.1, 0.15) is 90.4 Å². The fourth-order valence-electron chi connectivity index (χ4n) is 3.08. The molecule has 0 unspecified atom stereocenters. The van der Waals surface area contributed by atoms with Crippen molar-refractivity contribution in [1.82, 2.24) is 0 Å². The zero-order chi connectivity index (χ0) is 17.2. The van der Waals surface area contributed by atoms with E-state index in [4.69, 9.17) is 4.74 Å². The van der Waals surface area contributed by atoms with E-state index in [9.17, 15) is 15.3 Å². The summed E-state index contributed by atoms with van der Waals surface area (Å²) in [6.45, 7) is 2.98. The molecule has 3 N–H and O–H groups in total. The van der Waals surface area contributed by atoms with Crippen molar-refractivity contribution in [3.63, 3.8) is 0 Å². The Bertz CT molecular complexity index is 216. The van der Waals surface area contributed by atoms with Gasteiger partial charge in [0.25, 0.3) is 0 Å². The first-order chi connectivity index (χ1) is 11.2. The summed E-state index contributed by atoms with van der Waals surface area (Å²) in [6, 6.07) is 0. The van der Waals surface area contributed by atoms with Gasteiger partial charge >= 0.3 is 0 Å². The van der Waals surface area contributed by atoms with E-state index in [1.165, 1.54) is 57.8 Å². The Morgan fingerprint density at radius 1 is 0.609 bits per heavy atom. The molecule has 0 atom stereocenters. The van der Waals surface area contributed by atoms with Crippen LogP contribution in [-0.4, -0.2) is 47.3 Å². The molecular formula is C19H40O4. The van der Waals surface area contributed by atoms with Gasteiger partial charge < -0.3 is 20.1 Å². The highest BCUT2D eigenvalue weighted by molar-refractivity contribution is 4.80. The molecule has 0 aromatic rings. The third-order valence-corrected chi connectivity index (χ3v) is 4.61. The number of ether oxygens (including phenoxy) is 1. The second-order valence-corrected chi connectivity index (χ2v) is 6.63. The van der Waals surface area contributed by atoms with Crippen molar-refractivity contribution in [3.05, 3.63) is 0 Å². The first-order valence-electron chi connectivity index (χ1n) is 9.71. The molecule has 0 saturated heterocycles. The van der Waals surface area contributed by atoms with E-state index in [0.717, 1.165) is 6.42 Å². The Kier molecular flexibility index (Phi) is 16.6. The molecule has 0 fully saturated rings. The number of unbranched alkanes of at least 4 members (excludes halogenated alkanes) is 9. The van der Waals surface area contributed by atoms with E-state index in [0.29, 0.717) is 25.9 Å². The maximum absolute atomic E-state index is 9.19. The molecule has 0 bridgehead atoms. The zero-order valence-corrected chi connectivity index (χ0v) is 15.3. The molecule has 4 heteroatoms. The van der Waals surface area contributed by atoms with E-state index in [2.05, 4.69) is 6.92 Å². The summed E-state index contributed by atoms with van der Waals surface area (Å²) in [7, 11) is 0. The maximum Gasteiger partial charge on any atom is 0.0748 e. The summed E-state index contributed by atoms with van der Waals surface area (Å²) in [6.07, 6.45) is 14.3. The minimum atomic E-state index is -0.558. The average Bonchev–Trinajstić information content (AvgIpc) is 2.53. The molecule has 0 aliphatic heterocycles. The Balaban J connectivity index is 3.65. The molecule has 0 aliphatic rings. The highest BCUT2D eigenvalue weighted by Crippen LogP contribution is 2.25. The van der Waals surface area contributed by atoms with Crippen molar-refractivity contribution in [2.24, 2.45) is 0 Å². The summed E-state index contributed by atoms with van der Waals surface area (Å²) in [4.78, 5) is 0. The third-order valence-electron chi connectivity index (χ3n) is 4.61. The molecule has 0 heterocycles. The van der Waals surface area contributed by atoms with Crippen LogP contribution in [0.2, 0.25) is 0 Å². The topological polar surface area (TPSA) is 69.9 Å². The first-order valence-corrected chi connectivity index (χ1v) is 9.71. The van der Waals surface area contributed by atoms with Gasteiger partial charge in [-0.15, -0.1) is 0 Å². The van der Waals surface area contributed by atoms with Gasteiger partial charge in [0.1, 0.15) is 0 Å². The number of hydrogen-bond donors (Lipinski definition) is 3. The van der Waals surface area contributed by atoms with Gasteiger partial charge in [0.15, 0.2) is 0 Å². The minimum absolute atomic E-state index is 0.0258. The van der Waals surface area contributed by atoms with Gasteiger partial charge in [-0.3, -0.25) is 0 Å². The summed E-state index contributed by atoms with van der Waals surface area (Å²) in [5.74, 6) is 0. The lowest BCUT2D eigenvalue weighted by Gasteiger charge is -2.32. The van der Waals surface area contributed by atoms with Gasteiger partial charge in [0.2, 0.25) is 0 Å². The highest BCUT2D eigenvalue weighted by atomic mass is 16.5. The van der Waals surface area contributed by atoms with Gasteiger partial charge in [-0.05, 0) is 25.7 Å². The monoisotopic (exact) mass is 332 g/mol. The first kappa shape index (κ1) is 22.8. The maximum atomic E-state index is 9.19. The second-order valence-electron chi connectivity index (χ2n) is 6.63. The number of rotatable bonds is 18. The van der Waals surface area contributed by atoms with Gasteiger partial charge in [-0.25, -0.2) is 0 Å². The van der Waals surface area contributed by atoms with Gasteiger partial charge in [0.05, 0.1) is 5.60 Å². The Hall–Kier alpha value is -0.160. The largest absolute Gasteiger partial charge is 0.396 e. The lowest BCUT2D eigenvalue weighted by molar-refractivity contribution is -0.0864. The number of aliphatic hydroxyl groups excluding tert-OH is 3. The van der Waals surface area contributed by atoms with Crippen LogP contribution < -0.4 is 0 Å². The van der Waals surface area contributed by atoms with E-state index in [1.807, 2.05) is 0 Å². The molecule has 0 saturated carbocycles. The molecule has 4 nitrogen and oxygen atoms in total.